The molecule has 0 fully saturated rings. The van der Waals surface area contributed by atoms with Crippen molar-refractivity contribution < 1.29 is 22.7 Å². The Morgan fingerprint density at radius 1 is 1.29 bits per heavy atom. The van der Waals surface area contributed by atoms with Crippen LogP contribution in [0.15, 0.2) is 0 Å². The Morgan fingerprint density at radius 3 is 2.41 bits per heavy atom. The maximum Gasteiger partial charge on any atom is 0.321 e. The summed E-state index contributed by atoms with van der Waals surface area (Å²) >= 11 is 0. The Morgan fingerprint density at radius 2 is 1.94 bits per heavy atom. The summed E-state index contributed by atoms with van der Waals surface area (Å²) in [7, 11) is -1.92. The number of carbonyl (C=O) groups excluding carboxylic acids is 1. The summed E-state index contributed by atoms with van der Waals surface area (Å²) in [5, 5.41) is 0. The molecule has 0 unspecified atom stereocenters. The van der Waals surface area contributed by atoms with Crippen molar-refractivity contribution in [3.05, 3.63) is 0 Å². The first-order valence-electron chi connectivity index (χ1n) is 5.60. The number of hydrogen-bond donors (Lipinski definition) is 0. The van der Waals surface area contributed by atoms with Crippen LogP contribution < -0.4 is 0 Å². The van der Waals surface area contributed by atoms with E-state index in [2.05, 4.69) is 0 Å². The van der Waals surface area contributed by atoms with Gasteiger partial charge in [0.1, 0.15) is 6.54 Å². The zero-order valence-corrected chi connectivity index (χ0v) is 11.5. The summed E-state index contributed by atoms with van der Waals surface area (Å²) < 4.78 is 34.4. The highest BCUT2D eigenvalue weighted by atomic mass is 32.2. The SMILES string of the molecule is CCCS(=O)(=O)N(CCOC)CC(=O)OCC. The van der Waals surface area contributed by atoms with Crippen molar-refractivity contribution in [2.45, 2.75) is 20.3 Å². The van der Waals surface area contributed by atoms with E-state index in [0.29, 0.717) is 6.42 Å². The van der Waals surface area contributed by atoms with Crippen molar-refractivity contribution in [2.75, 3.05) is 39.2 Å². The second-order valence-corrected chi connectivity index (χ2v) is 5.54. The molecule has 0 aliphatic carbocycles. The molecule has 0 bridgehead atoms. The molecule has 0 heterocycles. The van der Waals surface area contributed by atoms with Gasteiger partial charge in [-0.3, -0.25) is 4.79 Å². The first kappa shape index (κ1) is 16.3. The molecule has 6 nitrogen and oxygen atoms in total. The van der Waals surface area contributed by atoms with Crippen LogP contribution in [-0.4, -0.2) is 57.9 Å². The largest absolute Gasteiger partial charge is 0.465 e. The maximum absolute atomic E-state index is 11.8. The summed E-state index contributed by atoms with van der Waals surface area (Å²) in [5.41, 5.74) is 0. The Bertz CT molecular complexity index is 315. The standard InChI is InChI=1S/C10H21NO5S/c1-4-8-17(13,14)11(6-7-15-3)9-10(12)16-5-2/h4-9H2,1-3H3. The van der Waals surface area contributed by atoms with Crippen LogP contribution in [0.1, 0.15) is 20.3 Å². The molecular formula is C10H21NO5S. The van der Waals surface area contributed by atoms with Gasteiger partial charge in [-0.25, -0.2) is 8.42 Å². The van der Waals surface area contributed by atoms with Crippen molar-refractivity contribution in [1.82, 2.24) is 4.31 Å². The van der Waals surface area contributed by atoms with Gasteiger partial charge in [-0.1, -0.05) is 6.92 Å². The van der Waals surface area contributed by atoms with Crippen LogP contribution in [-0.2, 0) is 24.3 Å². The van der Waals surface area contributed by atoms with Crippen LogP contribution in [0.3, 0.4) is 0 Å². The third-order valence-corrected chi connectivity index (χ3v) is 4.03. The second kappa shape index (κ2) is 8.43. The zero-order valence-electron chi connectivity index (χ0n) is 10.6. The molecule has 0 aromatic heterocycles. The first-order chi connectivity index (χ1) is 7.97. The predicted octanol–water partition coefficient (Wildman–Crippen LogP) is 0.238. The highest BCUT2D eigenvalue weighted by Crippen LogP contribution is 2.04. The summed E-state index contributed by atoms with van der Waals surface area (Å²) in [4.78, 5) is 11.3. The Labute approximate surface area is 103 Å². The molecule has 0 saturated carbocycles. The lowest BCUT2D eigenvalue weighted by Crippen LogP contribution is -2.39. The topological polar surface area (TPSA) is 72.9 Å². The number of sulfonamides is 1. The molecule has 0 atom stereocenters. The lowest BCUT2D eigenvalue weighted by molar-refractivity contribution is -0.143. The molecule has 0 aromatic carbocycles. The molecule has 0 aliphatic rings. The van der Waals surface area contributed by atoms with Gasteiger partial charge in [-0.05, 0) is 13.3 Å². The summed E-state index contributed by atoms with van der Waals surface area (Å²) in [6, 6.07) is 0. The molecule has 102 valence electrons. The minimum atomic E-state index is -3.41. The van der Waals surface area contributed by atoms with Crippen LogP contribution in [0.2, 0.25) is 0 Å². The average molecular weight is 267 g/mol. The van der Waals surface area contributed by atoms with Gasteiger partial charge in [0.25, 0.3) is 0 Å². The fourth-order valence-corrected chi connectivity index (χ4v) is 2.68. The molecule has 0 amide bonds. The van der Waals surface area contributed by atoms with E-state index in [1.54, 1.807) is 13.8 Å². The predicted molar refractivity (Wildman–Crippen MR) is 64.2 cm³/mol. The van der Waals surface area contributed by atoms with E-state index >= 15 is 0 Å². The molecule has 0 spiro atoms. The highest BCUT2D eigenvalue weighted by Gasteiger charge is 2.23. The Balaban J connectivity index is 4.58. The van der Waals surface area contributed by atoms with Gasteiger partial charge in [0.15, 0.2) is 0 Å². The van der Waals surface area contributed by atoms with Crippen molar-refractivity contribution in [3.63, 3.8) is 0 Å². The third-order valence-electron chi connectivity index (χ3n) is 2.01. The quantitative estimate of drug-likeness (QED) is 0.559. The van der Waals surface area contributed by atoms with Crippen LogP contribution in [0, 0.1) is 0 Å². The van der Waals surface area contributed by atoms with Gasteiger partial charge in [0.05, 0.1) is 19.0 Å². The van der Waals surface area contributed by atoms with Gasteiger partial charge in [-0.15, -0.1) is 0 Å². The van der Waals surface area contributed by atoms with Crippen molar-refractivity contribution in [1.29, 1.82) is 0 Å². The van der Waals surface area contributed by atoms with Gasteiger partial charge >= 0.3 is 5.97 Å². The number of methoxy groups -OCH3 is 1. The Hall–Kier alpha value is -0.660. The Kier molecular flexibility index (Phi) is 8.11. The number of rotatable bonds is 9. The van der Waals surface area contributed by atoms with E-state index in [9.17, 15) is 13.2 Å². The monoisotopic (exact) mass is 267 g/mol. The maximum atomic E-state index is 11.8. The summed E-state index contributed by atoms with van der Waals surface area (Å²) in [6.07, 6.45) is 0.509. The molecular weight excluding hydrogens is 246 g/mol. The normalized spacial score (nSPS) is 11.8. The smallest absolute Gasteiger partial charge is 0.321 e. The van der Waals surface area contributed by atoms with Crippen molar-refractivity contribution in [3.8, 4) is 0 Å². The van der Waals surface area contributed by atoms with E-state index in [-0.39, 0.29) is 32.1 Å². The fraction of sp³-hybridized carbons (Fsp3) is 0.900. The number of nitrogens with zero attached hydrogens (tertiary/aromatic N) is 1. The van der Waals surface area contributed by atoms with Gasteiger partial charge in [0, 0.05) is 13.7 Å². The molecule has 0 aromatic rings. The third kappa shape index (κ3) is 6.60. The molecule has 0 aliphatic heterocycles. The molecule has 0 saturated heterocycles. The lowest BCUT2D eigenvalue weighted by Gasteiger charge is -2.20. The second-order valence-electron chi connectivity index (χ2n) is 3.45. The van der Waals surface area contributed by atoms with E-state index in [0.717, 1.165) is 4.31 Å². The molecule has 0 radical (unpaired) electrons. The fourth-order valence-electron chi connectivity index (χ4n) is 1.25. The van der Waals surface area contributed by atoms with Gasteiger partial charge < -0.3 is 9.47 Å². The molecule has 0 N–H and O–H groups in total. The van der Waals surface area contributed by atoms with Crippen LogP contribution in [0.5, 0.6) is 0 Å². The molecule has 17 heavy (non-hydrogen) atoms. The number of carbonyl (C=O) groups is 1. The zero-order chi connectivity index (χ0) is 13.3. The molecule has 7 heteroatoms. The minimum Gasteiger partial charge on any atom is -0.465 e. The summed E-state index contributed by atoms with van der Waals surface area (Å²) in [5.74, 6) is -0.515. The van der Waals surface area contributed by atoms with Crippen molar-refractivity contribution in [2.24, 2.45) is 0 Å². The highest BCUT2D eigenvalue weighted by molar-refractivity contribution is 7.89. The van der Waals surface area contributed by atoms with E-state index in [1.807, 2.05) is 0 Å². The number of esters is 1. The first-order valence-corrected chi connectivity index (χ1v) is 7.21. The van der Waals surface area contributed by atoms with Crippen LogP contribution in [0.25, 0.3) is 0 Å². The van der Waals surface area contributed by atoms with E-state index in [4.69, 9.17) is 9.47 Å². The van der Waals surface area contributed by atoms with Crippen molar-refractivity contribution >= 4 is 16.0 Å². The number of hydrogen-bond acceptors (Lipinski definition) is 5. The molecule has 0 rings (SSSR count). The van der Waals surface area contributed by atoms with Gasteiger partial charge in [0.2, 0.25) is 10.0 Å². The van der Waals surface area contributed by atoms with Crippen LogP contribution >= 0.6 is 0 Å². The lowest BCUT2D eigenvalue weighted by atomic mass is 10.6. The number of ether oxygens (including phenoxy) is 2. The minimum absolute atomic E-state index is 0.0239. The summed E-state index contributed by atoms with van der Waals surface area (Å²) in [6.45, 7) is 3.86. The van der Waals surface area contributed by atoms with Gasteiger partial charge in [-0.2, -0.15) is 4.31 Å². The average Bonchev–Trinajstić information content (AvgIpc) is 2.24. The van der Waals surface area contributed by atoms with E-state index < -0.39 is 16.0 Å². The van der Waals surface area contributed by atoms with Crippen LogP contribution in [0.4, 0.5) is 0 Å². The van der Waals surface area contributed by atoms with E-state index in [1.165, 1.54) is 7.11 Å².